The third-order valence-corrected chi connectivity index (χ3v) is 4.95. The zero-order valence-corrected chi connectivity index (χ0v) is 21.4. The Bertz CT molecular complexity index is 654. The maximum atomic E-state index is 12.2. The zero-order valence-electron chi connectivity index (χ0n) is 19.1. The fourth-order valence-corrected chi connectivity index (χ4v) is 3.10. The van der Waals surface area contributed by atoms with Gasteiger partial charge in [-0.2, -0.15) is 0 Å². The van der Waals surface area contributed by atoms with Crippen molar-refractivity contribution in [2.24, 2.45) is 4.99 Å². The Kier molecular flexibility index (Phi) is 10.9. The second-order valence-corrected chi connectivity index (χ2v) is 8.46. The van der Waals surface area contributed by atoms with Gasteiger partial charge in [0.2, 0.25) is 0 Å². The number of amides is 1. The van der Waals surface area contributed by atoms with E-state index in [2.05, 4.69) is 25.3 Å². The summed E-state index contributed by atoms with van der Waals surface area (Å²) in [6, 6.07) is 1.97. The first-order chi connectivity index (χ1) is 13.7. The van der Waals surface area contributed by atoms with Crippen LogP contribution in [0.5, 0.6) is 0 Å². The van der Waals surface area contributed by atoms with E-state index in [1.54, 1.807) is 25.3 Å². The van der Waals surface area contributed by atoms with Gasteiger partial charge in [0.05, 0.1) is 5.69 Å². The van der Waals surface area contributed by atoms with E-state index in [0.29, 0.717) is 0 Å². The van der Waals surface area contributed by atoms with Crippen LogP contribution in [0.4, 0.5) is 4.79 Å². The number of halogens is 1. The van der Waals surface area contributed by atoms with Gasteiger partial charge in [-0.1, -0.05) is 5.16 Å². The topological polar surface area (TPSA) is 86.4 Å². The lowest BCUT2D eigenvalue weighted by Crippen LogP contribution is -2.52. The number of guanidine groups is 1. The predicted octanol–water partition coefficient (Wildman–Crippen LogP) is 2.63. The van der Waals surface area contributed by atoms with Gasteiger partial charge in [0.25, 0.3) is 0 Å². The molecule has 9 nitrogen and oxygen atoms in total. The second kappa shape index (κ2) is 12.3. The van der Waals surface area contributed by atoms with Gasteiger partial charge < -0.3 is 24.4 Å². The summed E-state index contributed by atoms with van der Waals surface area (Å²) in [5.41, 5.74) is 0.477. The molecule has 1 aromatic rings. The van der Waals surface area contributed by atoms with Gasteiger partial charge in [0, 0.05) is 65.5 Å². The summed E-state index contributed by atoms with van der Waals surface area (Å²) in [6.07, 6.45) is 2.12. The number of aliphatic imine (C=N–C) groups is 1. The summed E-state index contributed by atoms with van der Waals surface area (Å²) in [6.45, 7) is 12.9. The van der Waals surface area contributed by atoms with E-state index in [9.17, 15) is 4.79 Å². The fraction of sp³-hybridized carbons (Fsp3) is 0.750. The van der Waals surface area contributed by atoms with Crippen molar-refractivity contribution < 1.29 is 14.1 Å². The average molecular weight is 536 g/mol. The third-order valence-electron chi connectivity index (χ3n) is 4.95. The number of hydrogen-bond acceptors (Lipinski definition) is 6. The Morgan fingerprint density at radius 2 is 2.03 bits per heavy atom. The van der Waals surface area contributed by atoms with Crippen LogP contribution in [0, 0.1) is 0 Å². The Morgan fingerprint density at radius 3 is 2.57 bits per heavy atom. The highest BCUT2D eigenvalue weighted by Gasteiger charge is 2.23. The summed E-state index contributed by atoms with van der Waals surface area (Å²) < 4.78 is 10.3. The molecule has 1 aromatic heterocycles. The van der Waals surface area contributed by atoms with E-state index >= 15 is 0 Å². The van der Waals surface area contributed by atoms with Crippen LogP contribution in [0.25, 0.3) is 0 Å². The SMILES string of the molecule is CN=C(NCCC(C)N(C)C(=O)OC(C)(C)C)N1CCN(Cc2ccon2)CC1.I. The minimum atomic E-state index is -0.485. The first kappa shape index (κ1) is 26.5. The molecule has 1 saturated heterocycles. The molecule has 0 aromatic carbocycles. The number of carbonyl (C=O) groups excluding carboxylic acids is 1. The zero-order chi connectivity index (χ0) is 21.4. The molecule has 2 rings (SSSR count). The van der Waals surface area contributed by atoms with E-state index in [-0.39, 0.29) is 36.1 Å². The highest BCUT2D eigenvalue weighted by atomic mass is 127. The van der Waals surface area contributed by atoms with Crippen LogP contribution < -0.4 is 5.32 Å². The maximum Gasteiger partial charge on any atom is 0.410 e. The number of nitrogens with one attached hydrogen (secondary N) is 1. The van der Waals surface area contributed by atoms with Gasteiger partial charge in [0.1, 0.15) is 11.9 Å². The van der Waals surface area contributed by atoms with Crippen LogP contribution in [-0.2, 0) is 11.3 Å². The molecule has 0 saturated carbocycles. The average Bonchev–Trinajstić information content (AvgIpc) is 3.17. The Labute approximate surface area is 197 Å². The van der Waals surface area contributed by atoms with Crippen LogP contribution in [0.15, 0.2) is 21.8 Å². The van der Waals surface area contributed by atoms with E-state index in [1.807, 2.05) is 33.8 Å². The number of ether oxygens (including phenoxy) is 1. The fourth-order valence-electron chi connectivity index (χ4n) is 3.10. The standard InChI is InChI=1S/C20H36N6O3.HI/c1-16(24(6)19(27)29-20(2,3)4)7-9-22-18(21-5)26-12-10-25(11-13-26)15-17-8-14-28-23-17;/h8,14,16H,7,9-13,15H2,1-6H3,(H,21,22);1H. The molecule has 2 heterocycles. The van der Waals surface area contributed by atoms with Gasteiger partial charge in [-0.3, -0.25) is 9.89 Å². The Morgan fingerprint density at radius 1 is 1.37 bits per heavy atom. The number of piperazine rings is 1. The lowest BCUT2D eigenvalue weighted by Gasteiger charge is -2.36. The Hall–Kier alpha value is -1.56. The van der Waals surface area contributed by atoms with Crippen LogP contribution in [-0.4, -0.2) is 90.4 Å². The highest BCUT2D eigenvalue weighted by molar-refractivity contribution is 14.0. The summed E-state index contributed by atoms with van der Waals surface area (Å²) in [5.74, 6) is 0.901. The number of aromatic nitrogens is 1. The van der Waals surface area contributed by atoms with E-state index in [0.717, 1.165) is 57.3 Å². The van der Waals surface area contributed by atoms with Crippen molar-refractivity contribution in [3.8, 4) is 0 Å². The predicted molar refractivity (Wildman–Crippen MR) is 128 cm³/mol. The first-order valence-corrected chi connectivity index (χ1v) is 10.2. The maximum absolute atomic E-state index is 12.2. The first-order valence-electron chi connectivity index (χ1n) is 10.2. The number of hydrogen-bond donors (Lipinski definition) is 1. The molecule has 1 atom stereocenters. The van der Waals surface area contributed by atoms with E-state index in [1.165, 1.54) is 0 Å². The monoisotopic (exact) mass is 536 g/mol. The molecular formula is C20H37IN6O3. The van der Waals surface area contributed by atoms with E-state index in [4.69, 9.17) is 9.26 Å². The minimum absolute atomic E-state index is 0. The molecule has 0 radical (unpaired) electrons. The van der Waals surface area contributed by atoms with Crippen molar-refractivity contribution >= 4 is 36.0 Å². The summed E-state index contributed by atoms with van der Waals surface area (Å²) in [4.78, 5) is 22.9. The largest absolute Gasteiger partial charge is 0.444 e. The molecule has 1 fully saturated rings. The molecule has 1 N–H and O–H groups in total. The van der Waals surface area contributed by atoms with Crippen molar-refractivity contribution in [1.82, 2.24) is 25.2 Å². The van der Waals surface area contributed by atoms with Crippen molar-refractivity contribution in [1.29, 1.82) is 0 Å². The highest BCUT2D eigenvalue weighted by Crippen LogP contribution is 2.12. The van der Waals surface area contributed by atoms with Gasteiger partial charge >= 0.3 is 6.09 Å². The number of rotatable bonds is 6. The quantitative estimate of drug-likeness (QED) is 0.340. The molecule has 10 heteroatoms. The molecule has 0 bridgehead atoms. The molecule has 172 valence electrons. The van der Waals surface area contributed by atoms with Gasteiger partial charge in [-0.15, -0.1) is 24.0 Å². The number of nitrogens with zero attached hydrogens (tertiary/aromatic N) is 5. The van der Waals surface area contributed by atoms with E-state index < -0.39 is 5.60 Å². The van der Waals surface area contributed by atoms with Gasteiger partial charge in [-0.05, 0) is 34.1 Å². The Balaban J connectivity index is 0.00000450. The summed E-state index contributed by atoms with van der Waals surface area (Å²) in [7, 11) is 3.59. The van der Waals surface area contributed by atoms with Crippen molar-refractivity contribution in [3.05, 3.63) is 18.0 Å². The summed E-state index contributed by atoms with van der Waals surface area (Å²) in [5, 5.41) is 7.40. The van der Waals surface area contributed by atoms with Crippen LogP contribution in [0.1, 0.15) is 39.8 Å². The lowest BCUT2D eigenvalue weighted by molar-refractivity contribution is 0.0230. The van der Waals surface area contributed by atoms with Crippen molar-refractivity contribution in [2.45, 2.75) is 52.3 Å². The lowest BCUT2D eigenvalue weighted by atomic mass is 10.2. The molecule has 1 unspecified atom stereocenters. The summed E-state index contributed by atoms with van der Waals surface area (Å²) >= 11 is 0. The van der Waals surface area contributed by atoms with Crippen molar-refractivity contribution in [3.63, 3.8) is 0 Å². The molecule has 1 aliphatic rings. The van der Waals surface area contributed by atoms with Crippen LogP contribution in [0.2, 0.25) is 0 Å². The molecule has 0 spiro atoms. The molecule has 30 heavy (non-hydrogen) atoms. The molecule has 1 amide bonds. The van der Waals surface area contributed by atoms with Crippen LogP contribution in [0.3, 0.4) is 0 Å². The van der Waals surface area contributed by atoms with Gasteiger partial charge in [-0.25, -0.2) is 4.79 Å². The molecule has 1 aliphatic heterocycles. The number of carbonyl (C=O) groups is 1. The molecular weight excluding hydrogens is 499 g/mol. The van der Waals surface area contributed by atoms with Crippen LogP contribution >= 0.6 is 24.0 Å². The van der Waals surface area contributed by atoms with Crippen molar-refractivity contribution in [2.75, 3.05) is 46.8 Å². The van der Waals surface area contributed by atoms with Gasteiger partial charge in [0.15, 0.2) is 5.96 Å². The minimum Gasteiger partial charge on any atom is -0.444 e. The smallest absolute Gasteiger partial charge is 0.410 e. The molecule has 0 aliphatic carbocycles. The third kappa shape index (κ3) is 8.66. The second-order valence-electron chi connectivity index (χ2n) is 8.46. The normalized spacial score (nSPS) is 16.6.